The van der Waals surface area contributed by atoms with E-state index in [1.165, 1.54) is 16.2 Å². The van der Waals surface area contributed by atoms with Crippen molar-refractivity contribution in [3.63, 3.8) is 0 Å². The van der Waals surface area contributed by atoms with Crippen molar-refractivity contribution in [1.29, 1.82) is 0 Å². The molecule has 2 aromatic rings. The molecule has 1 saturated carbocycles. The lowest BCUT2D eigenvalue weighted by molar-refractivity contribution is -0.147. The third-order valence-corrected chi connectivity index (χ3v) is 6.43. The Morgan fingerprint density at radius 2 is 1.88 bits per heavy atom. The van der Waals surface area contributed by atoms with E-state index in [0.29, 0.717) is 6.54 Å². The van der Waals surface area contributed by atoms with Gasteiger partial charge in [-0.25, -0.2) is 4.98 Å². The normalized spacial score (nSPS) is 24.0. The number of fused-ring (bicyclic) bond motifs is 2. The molecule has 136 valence electrons. The number of nitrogens with zero attached hydrogens (tertiary/aromatic N) is 2. The summed E-state index contributed by atoms with van der Waals surface area (Å²) in [5, 5.41) is 3.63. The summed E-state index contributed by atoms with van der Waals surface area (Å²) >= 11 is 1.53. The zero-order chi connectivity index (χ0) is 18.3. The maximum absolute atomic E-state index is 12.6. The van der Waals surface area contributed by atoms with Crippen molar-refractivity contribution < 1.29 is 14.4 Å². The first-order valence-corrected chi connectivity index (χ1v) is 9.87. The average Bonchev–Trinajstić information content (AvgIpc) is 3.18. The standard InChI is InChI=1S/C19H21N3O3S/c1-11(22-18(24)12-6-2-3-7-13(12)19(22)25)17(23)20-10-16-21-14-8-4-5-9-15(14)26-16/h4-5,8-9,11-13H,2-3,6-7,10H2,1H3,(H,20,23). The van der Waals surface area contributed by atoms with Gasteiger partial charge in [-0.05, 0) is 31.9 Å². The van der Waals surface area contributed by atoms with E-state index in [4.69, 9.17) is 0 Å². The van der Waals surface area contributed by atoms with Gasteiger partial charge in [0, 0.05) is 0 Å². The van der Waals surface area contributed by atoms with Crippen LogP contribution in [0.5, 0.6) is 0 Å². The number of likely N-dealkylation sites (tertiary alicyclic amines) is 1. The van der Waals surface area contributed by atoms with Gasteiger partial charge in [0.1, 0.15) is 11.0 Å². The maximum Gasteiger partial charge on any atom is 0.243 e. The predicted octanol–water partition coefficient (Wildman–Crippen LogP) is 2.48. The number of carbonyl (C=O) groups excluding carboxylic acids is 3. The number of para-hydroxylation sites is 1. The van der Waals surface area contributed by atoms with Crippen molar-refractivity contribution in [2.45, 2.75) is 45.2 Å². The molecule has 2 aliphatic rings. The van der Waals surface area contributed by atoms with Crippen molar-refractivity contribution in [2.75, 3.05) is 0 Å². The molecule has 7 heteroatoms. The summed E-state index contributed by atoms with van der Waals surface area (Å²) in [6, 6.07) is 7.02. The minimum absolute atomic E-state index is 0.178. The summed E-state index contributed by atoms with van der Waals surface area (Å²) < 4.78 is 1.07. The molecular formula is C19H21N3O3S. The molecule has 1 aromatic heterocycles. The first-order valence-electron chi connectivity index (χ1n) is 9.05. The van der Waals surface area contributed by atoms with Gasteiger partial charge in [-0.2, -0.15) is 0 Å². The lowest BCUT2D eigenvalue weighted by Crippen LogP contribution is -2.48. The number of rotatable bonds is 4. The maximum atomic E-state index is 12.6. The van der Waals surface area contributed by atoms with E-state index in [0.717, 1.165) is 40.9 Å². The number of carbonyl (C=O) groups is 3. The fraction of sp³-hybridized carbons (Fsp3) is 0.474. The minimum Gasteiger partial charge on any atom is -0.348 e. The van der Waals surface area contributed by atoms with Crippen molar-refractivity contribution in [2.24, 2.45) is 11.8 Å². The first kappa shape index (κ1) is 17.1. The van der Waals surface area contributed by atoms with Crippen LogP contribution in [0.4, 0.5) is 0 Å². The zero-order valence-corrected chi connectivity index (χ0v) is 15.4. The number of nitrogens with one attached hydrogen (secondary N) is 1. The molecule has 1 aliphatic carbocycles. The van der Waals surface area contributed by atoms with Crippen molar-refractivity contribution in [3.8, 4) is 0 Å². The van der Waals surface area contributed by atoms with Gasteiger partial charge in [-0.3, -0.25) is 19.3 Å². The molecule has 1 saturated heterocycles. The van der Waals surface area contributed by atoms with E-state index in [1.54, 1.807) is 6.92 Å². The molecule has 1 aromatic carbocycles. The van der Waals surface area contributed by atoms with Crippen LogP contribution in [-0.4, -0.2) is 33.6 Å². The summed E-state index contributed by atoms with van der Waals surface area (Å²) in [4.78, 5) is 43.4. The molecule has 0 bridgehead atoms. The Morgan fingerprint density at radius 3 is 2.54 bits per heavy atom. The van der Waals surface area contributed by atoms with Crippen LogP contribution < -0.4 is 5.32 Å². The van der Waals surface area contributed by atoms with Gasteiger partial charge in [-0.1, -0.05) is 25.0 Å². The molecule has 2 fully saturated rings. The molecule has 0 radical (unpaired) electrons. The number of aromatic nitrogens is 1. The Hall–Kier alpha value is -2.28. The fourth-order valence-corrected chi connectivity index (χ4v) is 4.90. The minimum atomic E-state index is -0.782. The Bertz CT molecular complexity index is 821. The summed E-state index contributed by atoms with van der Waals surface area (Å²) in [5.74, 6) is -1.12. The lowest BCUT2D eigenvalue weighted by atomic mass is 9.81. The van der Waals surface area contributed by atoms with E-state index in [-0.39, 0.29) is 29.6 Å². The van der Waals surface area contributed by atoms with Gasteiger partial charge >= 0.3 is 0 Å². The number of benzene rings is 1. The van der Waals surface area contributed by atoms with E-state index in [9.17, 15) is 14.4 Å². The number of thiazole rings is 1. The Kier molecular flexibility index (Phi) is 4.48. The van der Waals surface area contributed by atoms with Crippen LogP contribution >= 0.6 is 11.3 Å². The molecule has 3 atom stereocenters. The fourth-order valence-electron chi connectivity index (χ4n) is 3.99. The monoisotopic (exact) mass is 371 g/mol. The molecular weight excluding hydrogens is 350 g/mol. The molecule has 3 unspecified atom stereocenters. The average molecular weight is 371 g/mol. The highest BCUT2D eigenvalue weighted by Crippen LogP contribution is 2.38. The highest BCUT2D eigenvalue weighted by atomic mass is 32.1. The van der Waals surface area contributed by atoms with Gasteiger partial charge in [0.15, 0.2) is 0 Å². The summed E-state index contributed by atoms with van der Waals surface area (Å²) in [7, 11) is 0. The van der Waals surface area contributed by atoms with Crippen LogP contribution in [0.2, 0.25) is 0 Å². The van der Waals surface area contributed by atoms with Gasteiger partial charge < -0.3 is 5.32 Å². The van der Waals surface area contributed by atoms with Crippen LogP contribution in [-0.2, 0) is 20.9 Å². The molecule has 1 N–H and O–H groups in total. The summed E-state index contributed by atoms with van der Waals surface area (Å²) in [6.07, 6.45) is 3.47. The number of amides is 3. The summed E-state index contributed by atoms with van der Waals surface area (Å²) in [6.45, 7) is 1.92. The topological polar surface area (TPSA) is 79.4 Å². The molecule has 2 heterocycles. The Morgan fingerprint density at radius 1 is 1.23 bits per heavy atom. The van der Waals surface area contributed by atoms with Gasteiger partial charge in [0.05, 0.1) is 28.6 Å². The quantitative estimate of drug-likeness (QED) is 0.838. The van der Waals surface area contributed by atoms with Gasteiger partial charge in [0.2, 0.25) is 17.7 Å². The molecule has 3 amide bonds. The van der Waals surface area contributed by atoms with E-state index >= 15 is 0 Å². The lowest BCUT2D eigenvalue weighted by Gasteiger charge is -2.22. The van der Waals surface area contributed by atoms with Gasteiger partial charge in [0.25, 0.3) is 0 Å². The molecule has 4 rings (SSSR count). The number of hydrogen-bond acceptors (Lipinski definition) is 5. The largest absolute Gasteiger partial charge is 0.348 e. The number of imide groups is 1. The van der Waals surface area contributed by atoms with Crippen LogP contribution in [0.15, 0.2) is 24.3 Å². The van der Waals surface area contributed by atoms with E-state index in [1.807, 2.05) is 24.3 Å². The second-order valence-electron chi connectivity index (χ2n) is 7.01. The molecule has 6 nitrogen and oxygen atoms in total. The predicted molar refractivity (Wildman–Crippen MR) is 98.2 cm³/mol. The van der Waals surface area contributed by atoms with E-state index in [2.05, 4.69) is 10.3 Å². The highest BCUT2D eigenvalue weighted by Gasteiger charge is 2.50. The highest BCUT2D eigenvalue weighted by molar-refractivity contribution is 7.18. The Balaban J connectivity index is 1.42. The zero-order valence-electron chi connectivity index (χ0n) is 14.6. The van der Waals surface area contributed by atoms with Crippen LogP contribution in [0.3, 0.4) is 0 Å². The molecule has 26 heavy (non-hydrogen) atoms. The second-order valence-corrected chi connectivity index (χ2v) is 8.13. The van der Waals surface area contributed by atoms with E-state index < -0.39 is 6.04 Å². The van der Waals surface area contributed by atoms with Gasteiger partial charge in [-0.15, -0.1) is 11.3 Å². The van der Waals surface area contributed by atoms with Crippen molar-refractivity contribution >= 4 is 39.3 Å². The Labute approximate surface area is 155 Å². The number of hydrogen-bond donors (Lipinski definition) is 1. The van der Waals surface area contributed by atoms with Crippen molar-refractivity contribution in [1.82, 2.24) is 15.2 Å². The van der Waals surface area contributed by atoms with Crippen molar-refractivity contribution in [3.05, 3.63) is 29.3 Å². The van der Waals surface area contributed by atoms with Crippen LogP contribution in [0, 0.1) is 11.8 Å². The third kappa shape index (κ3) is 2.90. The third-order valence-electron chi connectivity index (χ3n) is 5.39. The second kappa shape index (κ2) is 6.79. The van der Waals surface area contributed by atoms with Crippen LogP contribution in [0.1, 0.15) is 37.6 Å². The first-order chi connectivity index (χ1) is 12.6. The molecule has 1 aliphatic heterocycles. The SMILES string of the molecule is CC(C(=O)NCc1nc2ccccc2s1)N1C(=O)C2CCCCC2C1=O. The molecule has 0 spiro atoms. The summed E-state index contributed by atoms with van der Waals surface area (Å²) in [5.41, 5.74) is 0.906. The smallest absolute Gasteiger partial charge is 0.243 e. The van der Waals surface area contributed by atoms with Crippen LogP contribution in [0.25, 0.3) is 10.2 Å².